The second kappa shape index (κ2) is 4.24. The summed E-state index contributed by atoms with van der Waals surface area (Å²) in [6, 6.07) is 0. The Labute approximate surface area is 82.3 Å². The highest BCUT2D eigenvalue weighted by Gasteiger charge is 2.45. The fourth-order valence-electron chi connectivity index (χ4n) is 2.11. The Hall–Kier alpha value is -0.670. The largest absolute Gasteiger partial charge is 0.481 e. The highest BCUT2D eigenvalue weighted by molar-refractivity contribution is 5.70. The van der Waals surface area contributed by atoms with Crippen LogP contribution < -0.4 is 0 Å². The summed E-state index contributed by atoms with van der Waals surface area (Å²) in [6.45, 7) is 1.85. The van der Waals surface area contributed by atoms with Gasteiger partial charge >= 0.3 is 5.97 Å². The number of aliphatic carboxylic acids is 1. The van der Waals surface area contributed by atoms with E-state index in [9.17, 15) is 13.6 Å². The monoisotopic (exact) mass is 206 g/mol. The van der Waals surface area contributed by atoms with Crippen LogP contribution >= 0.6 is 0 Å². The van der Waals surface area contributed by atoms with E-state index in [0.717, 1.165) is 0 Å². The molecule has 2 atom stereocenters. The maximum atomic E-state index is 13.3. The van der Waals surface area contributed by atoms with Crippen LogP contribution in [0.4, 0.5) is 8.78 Å². The molecule has 0 spiro atoms. The third-order valence-electron chi connectivity index (χ3n) is 2.98. The van der Waals surface area contributed by atoms with Gasteiger partial charge in [-0.05, 0) is 19.3 Å². The van der Waals surface area contributed by atoms with Crippen LogP contribution in [0.25, 0.3) is 0 Å². The molecule has 1 aliphatic rings. The van der Waals surface area contributed by atoms with E-state index in [1.807, 2.05) is 6.92 Å². The Morgan fingerprint density at radius 1 is 1.57 bits per heavy atom. The van der Waals surface area contributed by atoms with Gasteiger partial charge in [0.15, 0.2) is 0 Å². The zero-order valence-electron chi connectivity index (χ0n) is 8.30. The van der Waals surface area contributed by atoms with E-state index in [1.165, 1.54) is 0 Å². The van der Waals surface area contributed by atoms with Gasteiger partial charge in [0.2, 0.25) is 0 Å². The summed E-state index contributed by atoms with van der Waals surface area (Å²) in [7, 11) is 0. The first-order valence-corrected chi connectivity index (χ1v) is 5.08. The smallest absolute Gasteiger partial charge is 0.306 e. The first-order valence-electron chi connectivity index (χ1n) is 5.08. The van der Waals surface area contributed by atoms with Gasteiger partial charge in [-0.15, -0.1) is 0 Å². The first kappa shape index (κ1) is 11.4. The van der Waals surface area contributed by atoms with Crippen LogP contribution in [0, 0.1) is 11.8 Å². The molecule has 82 valence electrons. The number of carboxylic acids is 1. The fourth-order valence-corrected chi connectivity index (χ4v) is 2.11. The molecule has 0 aromatic rings. The average Bonchev–Trinajstić information content (AvgIpc) is 2.08. The van der Waals surface area contributed by atoms with Gasteiger partial charge in [-0.1, -0.05) is 13.3 Å². The van der Waals surface area contributed by atoms with Gasteiger partial charge in [0, 0.05) is 12.3 Å². The SMILES string of the molecule is CCCC1CC(C(=O)O)CCC1(F)F. The lowest BCUT2D eigenvalue weighted by Gasteiger charge is -2.34. The second-order valence-electron chi connectivity index (χ2n) is 4.06. The number of alkyl halides is 2. The molecule has 0 aliphatic heterocycles. The number of halogens is 2. The molecule has 0 aromatic carbocycles. The highest BCUT2D eigenvalue weighted by atomic mass is 19.3. The minimum absolute atomic E-state index is 0.114. The number of hydrogen-bond donors (Lipinski definition) is 1. The Balaban J connectivity index is 2.62. The summed E-state index contributed by atoms with van der Waals surface area (Å²) in [6.07, 6.45) is 1.09. The molecular formula is C10H16F2O2. The molecule has 1 rings (SSSR count). The van der Waals surface area contributed by atoms with Gasteiger partial charge in [-0.2, -0.15) is 0 Å². The van der Waals surface area contributed by atoms with Crippen molar-refractivity contribution in [3.05, 3.63) is 0 Å². The van der Waals surface area contributed by atoms with Crippen molar-refractivity contribution in [2.45, 2.75) is 45.0 Å². The molecule has 0 amide bonds. The predicted octanol–water partition coefficient (Wildman–Crippen LogP) is 2.92. The minimum atomic E-state index is -2.65. The maximum Gasteiger partial charge on any atom is 0.306 e. The van der Waals surface area contributed by atoms with Gasteiger partial charge in [0.05, 0.1) is 5.92 Å². The van der Waals surface area contributed by atoms with E-state index in [2.05, 4.69) is 0 Å². The van der Waals surface area contributed by atoms with Crippen molar-refractivity contribution in [1.29, 1.82) is 0 Å². The number of carboxylic acid groups (broad SMARTS) is 1. The van der Waals surface area contributed by atoms with Crippen LogP contribution in [0.3, 0.4) is 0 Å². The Kier molecular flexibility index (Phi) is 3.45. The number of rotatable bonds is 3. The minimum Gasteiger partial charge on any atom is -0.481 e. The molecule has 1 N–H and O–H groups in total. The molecule has 14 heavy (non-hydrogen) atoms. The van der Waals surface area contributed by atoms with Crippen LogP contribution in [0.1, 0.15) is 39.0 Å². The van der Waals surface area contributed by atoms with Gasteiger partial charge in [0.1, 0.15) is 0 Å². The van der Waals surface area contributed by atoms with Crippen molar-refractivity contribution in [3.63, 3.8) is 0 Å². The van der Waals surface area contributed by atoms with Crippen molar-refractivity contribution >= 4 is 5.97 Å². The lowest BCUT2D eigenvalue weighted by Crippen LogP contribution is -2.37. The van der Waals surface area contributed by atoms with Crippen molar-refractivity contribution in [2.24, 2.45) is 11.8 Å². The van der Waals surface area contributed by atoms with Crippen molar-refractivity contribution in [3.8, 4) is 0 Å². The highest BCUT2D eigenvalue weighted by Crippen LogP contribution is 2.43. The normalized spacial score (nSPS) is 31.4. The molecule has 0 radical (unpaired) electrons. The maximum absolute atomic E-state index is 13.3. The summed E-state index contributed by atoms with van der Waals surface area (Å²) < 4.78 is 26.6. The van der Waals surface area contributed by atoms with Crippen LogP contribution in [-0.4, -0.2) is 17.0 Å². The van der Waals surface area contributed by atoms with Gasteiger partial charge in [-0.3, -0.25) is 4.79 Å². The van der Waals surface area contributed by atoms with Crippen LogP contribution in [-0.2, 0) is 4.79 Å². The third-order valence-corrected chi connectivity index (χ3v) is 2.98. The average molecular weight is 206 g/mol. The van der Waals surface area contributed by atoms with Gasteiger partial charge < -0.3 is 5.11 Å². The van der Waals surface area contributed by atoms with Crippen molar-refractivity contribution in [2.75, 3.05) is 0 Å². The van der Waals surface area contributed by atoms with Crippen LogP contribution in [0.5, 0.6) is 0 Å². The molecule has 0 heterocycles. The molecule has 1 aliphatic carbocycles. The van der Waals surface area contributed by atoms with Crippen LogP contribution in [0.15, 0.2) is 0 Å². The molecule has 0 aromatic heterocycles. The number of carbonyl (C=O) groups is 1. The lowest BCUT2D eigenvalue weighted by atomic mass is 9.77. The molecule has 0 saturated heterocycles. The van der Waals surface area contributed by atoms with E-state index in [1.54, 1.807) is 0 Å². The molecule has 1 saturated carbocycles. The zero-order chi connectivity index (χ0) is 10.8. The fraction of sp³-hybridized carbons (Fsp3) is 0.900. The van der Waals surface area contributed by atoms with E-state index in [-0.39, 0.29) is 19.3 Å². The topological polar surface area (TPSA) is 37.3 Å². The zero-order valence-corrected chi connectivity index (χ0v) is 8.30. The Bertz CT molecular complexity index is 216. The van der Waals surface area contributed by atoms with E-state index < -0.39 is 23.7 Å². The van der Waals surface area contributed by atoms with E-state index in [0.29, 0.717) is 12.8 Å². The summed E-state index contributed by atoms with van der Waals surface area (Å²) in [5.74, 6) is -4.88. The van der Waals surface area contributed by atoms with Crippen molar-refractivity contribution in [1.82, 2.24) is 0 Å². The molecule has 4 heteroatoms. The molecule has 2 unspecified atom stereocenters. The Morgan fingerprint density at radius 3 is 2.71 bits per heavy atom. The molecule has 0 bridgehead atoms. The first-order chi connectivity index (χ1) is 6.47. The van der Waals surface area contributed by atoms with E-state index in [4.69, 9.17) is 5.11 Å². The summed E-state index contributed by atoms with van der Waals surface area (Å²) in [5.41, 5.74) is 0. The predicted molar refractivity (Wildman–Crippen MR) is 48.3 cm³/mol. The summed E-state index contributed by atoms with van der Waals surface area (Å²) in [5, 5.41) is 8.75. The summed E-state index contributed by atoms with van der Waals surface area (Å²) >= 11 is 0. The quantitative estimate of drug-likeness (QED) is 0.770. The molecular weight excluding hydrogens is 190 g/mol. The lowest BCUT2D eigenvalue weighted by molar-refractivity contribution is -0.151. The van der Waals surface area contributed by atoms with Crippen molar-refractivity contribution < 1.29 is 18.7 Å². The molecule has 1 fully saturated rings. The number of hydrogen-bond acceptors (Lipinski definition) is 1. The third kappa shape index (κ3) is 2.42. The second-order valence-corrected chi connectivity index (χ2v) is 4.06. The standard InChI is InChI=1S/C10H16F2O2/c1-2-3-8-6-7(9(13)14)4-5-10(8,11)12/h7-8H,2-6H2,1H3,(H,13,14). The van der Waals surface area contributed by atoms with Gasteiger partial charge in [0.25, 0.3) is 5.92 Å². The van der Waals surface area contributed by atoms with E-state index >= 15 is 0 Å². The van der Waals surface area contributed by atoms with Crippen LogP contribution in [0.2, 0.25) is 0 Å². The van der Waals surface area contributed by atoms with Gasteiger partial charge in [-0.25, -0.2) is 8.78 Å². The molecule has 2 nitrogen and oxygen atoms in total. The Morgan fingerprint density at radius 2 is 2.21 bits per heavy atom. The summed E-state index contributed by atoms with van der Waals surface area (Å²) in [4.78, 5) is 10.7.